The van der Waals surface area contributed by atoms with Gasteiger partial charge in [0.2, 0.25) is 5.95 Å². The third-order valence-corrected chi connectivity index (χ3v) is 3.28. The van der Waals surface area contributed by atoms with Crippen molar-refractivity contribution in [1.29, 1.82) is 0 Å². The second kappa shape index (κ2) is 7.28. The van der Waals surface area contributed by atoms with Crippen LogP contribution in [0.1, 0.15) is 33.1 Å². The Bertz CT molecular complexity index is 383. The second-order valence-corrected chi connectivity index (χ2v) is 4.83. The summed E-state index contributed by atoms with van der Waals surface area (Å²) in [6.45, 7) is 7.85. The normalized spacial score (nSPS) is 19.5. The first kappa shape index (κ1) is 14.1. The first-order valence-corrected chi connectivity index (χ1v) is 7.27. The van der Waals surface area contributed by atoms with Gasteiger partial charge in [-0.05, 0) is 32.3 Å². The summed E-state index contributed by atoms with van der Waals surface area (Å²) >= 11 is 0. The number of nitrogens with zero attached hydrogens (tertiary/aromatic N) is 3. The van der Waals surface area contributed by atoms with Crippen LogP contribution in [0.3, 0.4) is 0 Å². The third kappa shape index (κ3) is 4.06. The maximum Gasteiger partial charge on any atom is 0.224 e. The topological polar surface area (TPSA) is 50.3 Å². The molecule has 0 spiro atoms. The molecule has 5 heteroatoms. The van der Waals surface area contributed by atoms with Gasteiger partial charge in [-0.3, -0.25) is 0 Å². The summed E-state index contributed by atoms with van der Waals surface area (Å²) in [5.41, 5.74) is 0. The SMILES string of the molecule is CCCNc1nccc(N2CCCC(OCC)C2)n1. The molecule has 0 aliphatic carbocycles. The van der Waals surface area contributed by atoms with Crippen LogP contribution in [0.25, 0.3) is 0 Å². The highest BCUT2D eigenvalue weighted by Gasteiger charge is 2.21. The van der Waals surface area contributed by atoms with E-state index in [4.69, 9.17) is 4.74 Å². The molecule has 106 valence electrons. The largest absolute Gasteiger partial charge is 0.377 e. The first-order chi connectivity index (χ1) is 9.33. The van der Waals surface area contributed by atoms with E-state index >= 15 is 0 Å². The van der Waals surface area contributed by atoms with Crippen molar-refractivity contribution in [2.45, 2.75) is 39.2 Å². The number of aromatic nitrogens is 2. The van der Waals surface area contributed by atoms with Gasteiger partial charge in [0.15, 0.2) is 0 Å². The van der Waals surface area contributed by atoms with Crippen LogP contribution in [0.5, 0.6) is 0 Å². The van der Waals surface area contributed by atoms with Crippen LogP contribution in [0, 0.1) is 0 Å². The minimum Gasteiger partial charge on any atom is -0.377 e. The Kier molecular flexibility index (Phi) is 5.39. The molecular formula is C14H24N4O. The maximum atomic E-state index is 5.73. The zero-order valence-electron chi connectivity index (χ0n) is 11.9. The van der Waals surface area contributed by atoms with Gasteiger partial charge in [0.1, 0.15) is 5.82 Å². The molecular weight excluding hydrogens is 240 g/mol. The molecule has 1 aliphatic rings. The maximum absolute atomic E-state index is 5.73. The highest BCUT2D eigenvalue weighted by molar-refractivity contribution is 5.43. The summed E-state index contributed by atoms with van der Waals surface area (Å²) < 4.78 is 5.73. The van der Waals surface area contributed by atoms with Crippen LogP contribution >= 0.6 is 0 Å². The van der Waals surface area contributed by atoms with E-state index in [9.17, 15) is 0 Å². The first-order valence-electron chi connectivity index (χ1n) is 7.27. The predicted octanol–water partition coefficient (Wildman–Crippen LogP) is 2.30. The minimum absolute atomic E-state index is 0.334. The van der Waals surface area contributed by atoms with Gasteiger partial charge in [-0.2, -0.15) is 4.98 Å². The smallest absolute Gasteiger partial charge is 0.224 e. The fourth-order valence-electron chi connectivity index (χ4n) is 2.37. The Morgan fingerprint density at radius 3 is 3.16 bits per heavy atom. The van der Waals surface area contributed by atoms with E-state index in [0.717, 1.165) is 57.3 Å². The van der Waals surface area contributed by atoms with Crippen LogP contribution in [-0.4, -0.2) is 42.3 Å². The van der Waals surface area contributed by atoms with Crippen molar-refractivity contribution in [3.05, 3.63) is 12.3 Å². The van der Waals surface area contributed by atoms with Crippen molar-refractivity contribution in [3.63, 3.8) is 0 Å². The van der Waals surface area contributed by atoms with Gasteiger partial charge in [-0.1, -0.05) is 6.92 Å². The number of rotatable bonds is 6. The van der Waals surface area contributed by atoms with Crippen molar-refractivity contribution in [2.75, 3.05) is 36.5 Å². The van der Waals surface area contributed by atoms with Crippen molar-refractivity contribution in [3.8, 4) is 0 Å². The highest BCUT2D eigenvalue weighted by Crippen LogP contribution is 2.20. The highest BCUT2D eigenvalue weighted by atomic mass is 16.5. The van der Waals surface area contributed by atoms with Gasteiger partial charge in [-0.15, -0.1) is 0 Å². The van der Waals surface area contributed by atoms with Gasteiger partial charge in [0.05, 0.1) is 6.10 Å². The van der Waals surface area contributed by atoms with Gasteiger partial charge in [0, 0.05) is 32.4 Å². The standard InChI is InChI=1S/C14H24N4O/c1-3-8-15-14-16-9-7-13(17-14)18-10-5-6-12(11-18)19-4-2/h7,9,12H,3-6,8,10-11H2,1-2H3,(H,15,16,17). The summed E-state index contributed by atoms with van der Waals surface area (Å²) in [7, 11) is 0. The minimum atomic E-state index is 0.334. The molecule has 1 saturated heterocycles. The number of hydrogen-bond acceptors (Lipinski definition) is 5. The molecule has 0 bridgehead atoms. The Morgan fingerprint density at radius 1 is 1.47 bits per heavy atom. The monoisotopic (exact) mass is 264 g/mol. The number of hydrogen-bond donors (Lipinski definition) is 1. The molecule has 19 heavy (non-hydrogen) atoms. The lowest BCUT2D eigenvalue weighted by atomic mass is 10.1. The lowest BCUT2D eigenvalue weighted by Gasteiger charge is -2.33. The van der Waals surface area contributed by atoms with E-state index < -0.39 is 0 Å². The van der Waals surface area contributed by atoms with Crippen LogP contribution in [0.4, 0.5) is 11.8 Å². The molecule has 0 saturated carbocycles. The average Bonchev–Trinajstić information content (AvgIpc) is 2.46. The summed E-state index contributed by atoms with van der Waals surface area (Å²) in [5.74, 6) is 1.72. The fourth-order valence-corrected chi connectivity index (χ4v) is 2.37. The molecule has 0 amide bonds. The Hall–Kier alpha value is -1.36. The molecule has 5 nitrogen and oxygen atoms in total. The quantitative estimate of drug-likeness (QED) is 0.854. The van der Waals surface area contributed by atoms with Crippen molar-refractivity contribution in [2.24, 2.45) is 0 Å². The summed E-state index contributed by atoms with van der Waals surface area (Å²) in [4.78, 5) is 11.1. The Morgan fingerprint density at radius 2 is 2.37 bits per heavy atom. The van der Waals surface area contributed by atoms with E-state index in [1.807, 2.05) is 12.3 Å². The molecule has 1 fully saturated rings. The second-order valence-electron chi connectivity index (χ2n) is 4.83. The number of piperidine rings is 1. The van der Waals surface area contributed by atoms with Gasteiger partial charge in [-0.25, -0.2) is 4.98 Å². The van der Waals surface area contributed by atoms with Gasteiger partial charge in [0.25, 0.3) is 0 Å². The molecule has 0 aromatic carbocycles. The molecule has 1 aliphatic heterocycles. The van der Waals surface area contributed by atoms with Crippen molar-refractivity contribution >= 4 is 11.8 Å². The Labute approximate surface area is 115 Å². The van der Waals surface area contributed by atoms with Gasteiger partial charge < -0.3 is 15.0 Å². The molecule has 1 aromatic rings. The van der Waals surface area contributed by atoms with Crippen molar-refractivity contribution < 1.29 is 4.74 Å². The van der Waals surface area contributed by atoms with Crippen molar-refractivity contribution in [1.82, 2.24) is 9.97 Å². The zero-order chi connectivity index (χ0) is 13.5. The molecule has 1 atom stereocenters. The third-order valence-electron chi connectivity index (χ3n) is 3.28. The summed E-state index contributed by atoms with van der Waals surface area (Å²) in [5, 5.41) is 3.23. The van der Waals surface area contributed by atoms with Crippen LogP contribution in [-0.2, 0) is 4.74 Å². The Balaban J connectivity index is 1.99. The van der Waals surface area contributed by atoms with Crippen LogP contribution in [0.15, 0.2) is 12.3 Å². The molecule has 1 aromatic heterocycles. The van der Waals surface area contributed by atoms with E-state index in [0.29, 0.717) is 6.10 Å². The van der Waals surface area contributed by atoms with E-state index in [-0.39, 0.29) is 0 Å². The lowest BCUT2D eigenvalue weighted by molar-refractivity contribution is 0.0525. The lowest BCUT2D eigenvalue weighted by Crippen LogP contribution is -2.40. The molecule has 1 unspecified atom stereocenters. The zero-order valence-corrected chi connectivity index (χ0v) is 11.9. The number of nitrogens with one attached hydrogen (secondary N) is 1. The van der Waals surface area contributed by atoms with E-state index in [1.165, 1.54) is 0 Å². The number of ether oxygens (including phenoxy) is 1. The molecule has 2 rings (SSSR count). The summed E-state index contributed by atoms with van der Waals surface area (Å²) in [6.07, 6.45) is 5.54. The van der Waals surface area contributed by atoms with E-state index in [2.05, 4.69) is 34.0 Å². The average molecular weight is 264 g/mol. The molecule has 1 N–H and O–H groups in total. The summed E-state index contributed by atoms with van der Waals surface area (Å²) in [6, 6.07) is 1.98. The molecule has 0 radical (unpaired) electrons. The number of anilines is 2. The molecule has 2 heterocycles. The van der Waals surface area contributed by atoms with E-state index in [1.54, 1.807) is 0 Å². The van der Waals surface area contributed by atoms with Gasteiger partial charge >= 0.3 is 0 Å². The van der Waals surface area contributed by atoms with Crippen LogP contribution < -0.4 is 10.2 Å². The fraction of sp³-hybridized carbons (Fsp3) is 0.714. The van der Waals surface area contributed by atoms with Crippen LogP contribution in [0.2, 0.25) is 0 Å². The predicted molar refractivity (Wildman–Crippen MR) is 77.7 cm³/mol.